The van der Waals surface area contributed by atoms with E-state index >= 15 is 0 Å². The van der Waals surface area contributed by atoms with Crippen molar-refractivity contribution in [2.75, 3.05) is 7.11 Å². The number of hydrogen-bond donors (Lipinski definition) is 0. The Morgan fingerprint density at radius 2 is 1.84 bits per heavy atom. The van der Waals surface area contributed by atoms with Crippen LogP contribution < -0.4 is 0 Å². The standard InChI is InChI=1S/C20H23N3O8/c1-20(2)29-15-14-12-9-13(24)21(12)22(18(25)27-3)17(16(15)30-20)31-23(14)19(26)28-10-11-7-5-4-6-8-11/h4-8,12,14-17H,9-10H2,1-3H3. The summed E-state index contributed by atoms with van der Waals surface area (Å²) in [5.74, 6) is -1.25. The summed E-state index contributed by atoms with van der Waals surface area (Å²) in [6.07, 6.45) is -3.92. The normalized spacial score (nSPS) is 32.7. The Morgan fingerprint density at radius 3 is 2.52 bits per heavy atom. The number of fused-ring (bicyclic) bond motifs is 1. The van der Waals surface area contributed by atoms with Crippen LogP contribution in [-0.4, -0.2) is 76.6 Å². The van der Waals surface area contributed by atoms with Crippen LogP contribution in [0, 0.1) is 0 Å². The minimum Gasteiger partial charge on any atom is -0.451 e. The van der Waals surface area contributed by atoms with Gasteiger partial charge in [0, 0.05) is 0 Å². The van der Waals surface area contributed by atoms with Gasteiger partial charge in [-0.1, -0.05) is 30.3 Å². The number of rotatable bonds is 2. The molecule has 0 saturated carbocycles. The predicted molar refractivity (Wildman–Crippen MR) is 100 cm³/mol. The topological polar surface area (TPSA) is 107 Å². The van der Waals surface area contributed by atoms with E-state index in [9.17, 15) is 14.4 Å². The van der Waals surface area contributed by atoms with Crippen LogP contribution in [0.4, 0.5) is 9.59 Å². The number of benzene rings is 1. The lowest BCUT2D eigenvalue weighted by molar-refractivity contribution is -0.289. The number of amides is 3. The van der Waals surface area contributed by atoms with Gasteiger partial charge in [-0.2, -0.15) is 10.1 Å². The summed E-state index contributed by atoms with van der Waals surface area (Å²) in [6.45, 7) is 3.53. The number of β-lactam (4-membered cyclic amide) rings is 1. The molecular weight excluding hydrogens is 410 g/mol. The van der Waals surface area contributed by atoms with E-state index in [2.05, 4.69) is 0 Å². The van der Waals surface area contributed by atoms with Gasteiger partial charge in [0.25, 0.3) is 0 Å². The number of methoxy groups -OCH3 is 1. The van der Waals surface area contributed by atoms with Gasteiger partial charge in [0.1, 0.15) is 24.9 Å². The Bertz CT molecular complexity index is 909. The highest BCUT2D eigenvalue weighted by Crippen LogP contribution is 2.47. The molecule has 6 rings (SSSR count). The molecule has 11 heteroatoms. The first kappa shape index (κ1) is 20.0. The first-order chi connectivity index (χ1) is 14.8. The molecule has 5 saturated heterocycles. The third-order valence-corrected chi connectivity index (χ3v) is 5.84. The fourth-order valence-corrected chi connectivity index (χ4v) is 4.57. The SMILES string of the molecule is COC(=O)N1C2ON(C(=O)OCc3ccccc3)C(C3OC(C)(C)OC32)C2CC(=O)N21. The van der Waals surface area contributed by atoms with Gasteiger partial charge in [0.2, 0.25) is 12.1 Å². The molecule has 0 radical (unpaired) electrons. The van der Waals surface area contributed by atoms with Gasteiger partial charge in [0.15, 0.2) is 5.79 Å². The van der Waals surface area contributed by atoms with E-state index in [1.807, 2.05) is 30.3 Å². The van der Waals surface area contributed by atoms with Crippen LogP contribution >= 0.6 is 0 Å². The van der Waals surface area contributed by atoms with Crippen molar-refractivity contribution in [2.24, 2.45) is 0 Å². The molecule has 5 atom stereocenters. The molecule has 1 aromatic carbocycles. The number of carbonyl (C=O) groups excluding carboxylic acids is 3. The van der Waals surface area contributed by atoms with Crippen molar-refractivity contribution in [3.05, 3.63) is 35.9 Å². The van der Waals surface area contributed by atoms with E-state index in [4.69, 9.17) is 23.8 Å². The maximum Gasteiger partial charge on any atom is 0.434 e. The summed E-state index contributed by atoms with van der Waals surface area (Å²) in [7, 11) is 1.21. The Balaban J connectivity index is 1.47. The molecule has 5 aliphatic heterocycles. The lowest BCUT2D eigenvalue weighted by Gasteiger charge is -2.46. The smallest absolute Gasteiger partial charge is 0.434 e. The molecule has 0 N–H and O–H groups in total. The molecule has 31 heavy (non-hydrogen) atoms. The van der Waals surface area contributed by atoms with E-state index in [0.29, 0.717) is 0 Å². The van der Waals surface area contributed by atoms with E-state index in [-0.39, 0.29) is 18.9 Å². The summed E-state index contributed by atoms with van der Waals surface area (Å²) in [6, 6.07) is 7.95. The molecule has 5 aliphatic rings. The molecular formula is C20H23N3O8. The quantitative estimate of drug-likeness (QED) is 0.644. The minimum atomic E-state index is -1.14. The minimum absolute atomic E-state index is 0.0435. The van der Waals surface area contributed by atoms with E-state index in [0.717, 1.165) is 15.6 Å². The summed E-state index contributed by atoms with van der Waals surface area (Å²) in [5.41, 5.74) is 0.812. The van der Waals surface area contributed by atoms with Gasteiger partial charge < -0.3 is 18.9 Å². The van der Waals surface area contributed by atoms with Crippen molar-refractivity contribution < 1.29 is 38.2 Å². The van der Waals surface area contributed by atoms with Crippen LogP contribution in [0.25, 0.3) is 0 Å². The lowest BCUT2D eigenvalue weighted by Crippen LogP contribution is -2.67. The Labute approximate surface area is 178 Å². The number of ether oxygens (including phenoxy) is 4. The molecule has 5 unspecified atom stereocenters. The van der Waals surface area contributed by atoms with Gasteiger partial charge in [-0.25, -0.2) is 19.4 Å². The second-order valence-corrected chi connectivity index (χ2v) is 8.24. The van der Waals surface area contributed by atoms with Gasteiger partial charge >= 0.3 is 12.2 Å². The van der Waals surface area contributed by atoms with Gasteiger partial charge in [-0.05, 0) is 19.4 Å². The van der Waals surface area contributed by atoms with Crippen molar-refractivity contribution in [1.82, 2.24) is 15.1 Å². The van der Waals surface area contributed by atoms with Gasteiger partial charge in [-0.3, -0.25) is 4.79 Å². The van der Waals surface area contributed by atoms with Crippen molar-refractivity contribution in [1.29, 1.82) is 0 Å². The predicted octanol–water partition coefficient (Wildman–Crippen LogP) is 1.38. The monoisotopic (exact) mass is 433 g/mol. The average molecular weight is 433 g/mol. The molecule has 5 fully saturated rings. The molecule has 166 valence electrons. The average Bonchev–Trinajstić information content (AvgIpc) is 2.98. The zero-order chi connectivity index (χ0) is 21.9. The Morgan fingerprint density at radius 1 is 1.13 bits per heavy atom. The first-order valence-electron chi connectivity index (χ1n) is 10.0. The Hall–Kier alpha value is -2.89. The molecule has 0 aliphatic carbocycles. The molecule has 5 heterocycles. The van der Waals surface area contributed by atoms with Crippen LogP contribution in [0.5, 0.6) is 0 Å². The van der Waals surface area contributed by atoms with E-state index in [1.54, 1.807) is 13.8 Å². The van der Waals surface area contributed by atoms with Crippen molar-refractivity contribution in [2.45, 2.75) is 63.2 Å². The van der Waals surface area contributed by atoms with Gasteiger partial charge in [-0.15, -0.1) is 0 Å². The van der Waals surface area contributed by atoms with Crippen LogP contribution in [-0.2, 0) is 35.2 Å². The number of hydroxylamine groups is 2. The van der Waals surface area contributed by atoms with Crippen LogP contribution in [0.1, 0.15) is 25.8 Å². The zero-order valence-electron chi connectivity index (χ0n) is 17.3. The summed E-state index contributed by atoms with van der Waals surface area (Å²) in [5, 5.41) is 3.42. The number of nitrogens with zero attached hydrogens (tertiary/aromatic N) is 3. The number of hydrazine groups is 1. The second kappa shape index (κ2) is 7.08. The lowest BCUT2D eigenvalue weighted by atomic mass is 9.90. The van der Waals surface area contributed by atoms with Crippen molar-refractivity contribution in [3.8, 4) is 0 Å². The second-order valence-electron chi connectivity index (χ2n) is 8.24. The maximum atomic E-state index is 13.0. The first-order valence-corrected chi connectivity index (χ1v) is 10.0. The zero-order valence-corrected chi connectivity index (χ0v) is 17.3. The molecule has 2 bridgehead atoms. The third kappa shape index (κ3) is 3.11. The molecule has 3 amide bonds. The molecule has 0 aromatic heterocycles. The highest BCUT2D eigenvalue weighted by Gasteiger charge is 2.68. The van der Waals surface area contributed by atoms with E-state index < -0.39 is 48.5 Å². The third-order valence-electron chi connectivity index (χ3n) is 5.84. The van der Waals surface area contributed by atoms with Crippen molar-refractivity contribution in [3.63, 3.8) is 0 Å². The molecule has 1 aromatic rings. The number of hydrogen-bond acceptors (Lipinski definition) is 8. The summed E-state index contributed by atoms with van der Waals surface area (Å²) in [4.78, 5) is 43.9. The maximum absolute atomic E-state index is 13.0. The van der Waals surface area contributed by atoms with Gasteiger partial charge in [0.05, 0.1) is 19.6 Å². The molecule has 11 nitrogen and oxygen atoms in total. The van der Waals surface area contributed by atoms with Crippen LogP contribution in [0.3, 0.4) is 0 Å². The fourth-order valence-electron chi connectivity index (χ4n) is 4.57. The molecule has 0 spiro atoms. The fraction of sp³-hybridized carbons (Fsp3) is 0.550. The van der Waals surface area contributed by atoms with Crippen molar-refractivity contribution >= 4 is 18.1 Å². The summed E-state index contributed by atoms with van der Waals surface area (Å²) < 4.78 is 22.4. The van der Waals surface area contributed by atoms with Crippen LogP contribution in [0.2, 0.25) is 0 Å². The largest absolute Gasteiger partial charge is 0.451 e. The van der Waals surface area contributed by atoms with E-state index in [1.165, 1.54) is 12.1 Å². The summed E-state index contributed by atoms with van der Waals surface area (Å²) >= 11 is 0. The Kier molecular flexibility index (Phi) is 4.57. The number of carbonyl (C=O) groups is 3. The highest BCUT2D eigenvalue weighted by atomic mass is 16.8. The van der Waals surface area contributed by atoms with Crippen LogP contribution in [0.15, 0.2) is 30.3 Å². The highest BCUT2D eigenvalue weighted by molar-refractivity contribution is 5.86.